The van der Waals surface area contributed by atoms with Gasteiger partial charge in [0, 0.05) is 42.3 Å². The van der Waals surface area contributed by atoms with Crippen molar-refractivity contribution >= 4 is 29.0 Å². The summed E-state index contributed by atoms with van der Waals surface area (Å²) in [5, 5.41) is 13.7. The zero-order valence-electron chi connectivity index (χ0n) is 22.4. The average molecular weight is 548 g/mol. The zero-order chi connectivity index (χ0) is 28.4. The van der Waals surface area contributed by atoms with E-state index in [-0.39, 0.29) is 24.8 Å². The maximum atomic E-state index is 14.3. The summed E-state index contributed by atoms with van der Waals surface area (Å²) in [5.74, 6) is -1.08. The van der Waals surface area contributed by atoms with Crippen LogP contribution in [-0.4, -0.2) is 69.2 Å². The minimum Gasteiger partial charge on any atom is -0.494 e. The largest absolute Gasteiger partial charge is 0.494 e. The van der Waals surface area contributed by atoms with E-state index in [4.69, 9.17) is 9.47 Å². The van der Waals surface area contributed by atoms with Crippen LogP contribution < -0.4 is 10.1 Å². The first-order valence-electron chi connectivity index (χ1n) is 13.0. The number of carbonyl (C=O) groups excluding carboxylic acids is 2. The fourth-order valence-electron chi connectivity index (χ4n) is 4.98. The molecule has 2 N–H and O–H groups in total. The highest BCUT2D eigenvalue weighted by Crippen LogP contribution is 2.29. The van der Waals surface area contributed by atoms with Gasteiger partial charge in [-0.3, -0.25) is 14.0 Å². The molecule has 1 aliphatic rings. The van der Waals surface area contributed by atoms with E-state index in [1.807, 2.05) is 17.4 Å². The van der Waals surface area contributed by atoms with Crippen LogP contribution in [0.2, 0.25) is 0 Å². The topological polar surface area (TPSA) is 118 Å². The Hall–Kier alpha value is -4.51. The van der Waals surface area contributed by atoms with Crippen LogP contribution in [0.1, 0.15) is 29.3 Å². The predicted molar refractivity (Wildman–Crippen MR) is 146 cm³/mol. The lowest BCUT2D eigenvalue weighted by Crippen LogP contribution is -2.49. The van der Waals surface area contributed by atoms with E-state index in [0.717, 1.165) is 5.56 Å². The molecular formula is C29H30FN5O5. The lowest BCUT2D eigenvalue weighted by Gasteiger charge is -2.35. The van der Waals surface area contributed by atoms with Crippen LogP contribution in [0.3, 0.4) is 0 Å². The number of likely N-dealkylation sites (tertiary alicyclic amines) is 1. The Bertz CT molecular complexity index is 1570. The zero-order valence-corrected chi connectivity index (χ0v) is 22.4. The Morgan fingerprint density at radius 2 is 2.02 bits per heavy atom. The van der Waals surface area contributed by atoms with Crippen LogP contribution >= 0.6 is 0 Å². The number of nitrogens with zero attached hydrogens (tertiary/aromatic N) is 4. The van der Waals surface area contributed by atoms with Gasteiger partial charge in [-0.2, -0.15) is 0 Å². The number of ether oxygens (including phenoxy) is 2. The van der Waals surface area contributed by atoms with Gasteiger partial charge in [0.05, 0.1) is 37.6 Å². The molecule has 0 radical (unpaired) electrons. The van der Waals surface area contributed by atoms with Gasteiger partial charge in [0.2, 0.25) is 0 Å². The van der Waals surface area contributed by atoms with Crippen molar-refractivity contribution < 1.29 is 28.6 Å². The molecule has 11 heteroatoms. The van der Waals surface area contributed by atoms with Crippen molar-refractivity contribution in [1.82, 2.24) is 19.3 Å². The van der Waals surface area contributed by atoms with Crippen LogP contribution in [0.15, 0.2) is 55.0 Å². The number of halogens is 1. The number of aromatic nitrogens is 3. The molecule has 0 saturated carbocycles. The number of aliphatic hydroxyl groups excluding tert-OH is 1. The number of anilines is 2. The second-order valence-corrected chi connectivity index (χ2v) is 9.58. The summed E-state index contributed by atoms with van der Waals surface area (Å²) in [6.07, 6.45) is 4.39. The molecule has 208 valence electrons. The molecule has 2 aromatic carbocycles. The highest BCUT2D eigenvalue weighted by atomic mass is 19.1. The Morgan fingerprint density at radius 3 is 2.73 bits per heavy atom. The summed E-state index contributed by atoms with van der Waals surface area (Å²) in [6, 6.07) is 10.1. The van der Waals surface area contributed by atoms with E-state index in [1.54, 1.807) is 54.7 Å². The Balaban J connectivity index is 1.33. The molecule has 4 aromatic rings. The number of nitrogens with one attached hydrogen (secondary N) is 1. The van der Waals surface area contributed by atoms with Crippen molar-refractivity contribution in [2.45, 2.75) is 26.4 Å². The number of aryl methyl sites for hydroxylation is 1. The lowest BCUT2D eigenvalue weighted by molar-refractivity contribution is -0.154. The van der Waals surface area contributed by atoms with E-state index in [1.165, 1.54) is 13.2 Å². The molecule has 5 rings (SSSR count). The van der Waals surface area contributed by atoms with Gasteiger partial charge in [-0.15, -0.1) is 0 Å². The molecule has 1 saturated heterocycles. The molecule has 0 bridgehead atoms. The summed E-state index contributed by atoms with van der Waals surface area (Å²) in [6.45, 7) is 4.22. The number of imidazole rings is 1. The molecule has 40 heavy (non-hydrogen) atoms. The standard InChI is InChI=1S/C29H30FN5O5/c1-4-40-29(38)21-9-11-34(16-24(21)36)28(37)20-7-6-19(13-17(20)2)33-26-27-32-15-23(35(27)12-10-31-26)18-5-8-25(39-3)22(30)14-18/h5-8,10,12-15,21,24,36H,4,9,11,16H2,1-3H3,(H,31,33)/t21-,24-/m1/s1. The molecule has 0 spiro atoms. The van der Waals surface area contributed by atoms with Crippen molar-refractivity contribution in [3.63, 3.8) is 0 Å². The van der Waals surface area contributed by atoms with Crippen LogP contribution in [0.25, 0.3) is 16.9 Å². The van der Waals surface area contributed by atoms with Gasteiger partial charge in [-0.1, -0.05) is 0 Å². The van der Waals surface area contributed by atoms with Crippen molar-refractivity contribution in [3.8, 4) is 17.0 Å². The number of carbonyl (C=O) groups is 2. The van der Waals surface area contributed by atoms with Crippen LogP contribution in [0.5, 0.6) is 5.75 Å². The van der Waals surface area contributed by atoms with Gasteiger partial charge >= 0.3 is 5.97 Å². The molecular weight excluding hydrogens is 517 g/mol. The molecule has 2 atom stereocenters. The van der Waals surface area contributed by atoms with E-state index >= 15 is 0 Å². The number of benzene rings is 2. The molecule has 10 nitrogen and oxygen atoms in total. The number of β-amino-alcohol motifs (C(OH)–C–C–N with tert-alkyl or cyclic N) is 1. The summed E-state index contributed by atoms with van der Waals surface area (Å²) < 4.78 is 26.2. The van der Waals surface area contributed by atoms with Gasteiger partial charge in [0.15, 0.2) is 23.0 Å². The number of esters is 1. The molecule has 3 heterocycles. The van der Waals surface area contributed by atoms with Crippen molar-refractivity contribution in [1.29, 1.82) is 0 Å². The van der Waals surface area contributed by atoms with Gasteiger partial charge in [0.1, 0.15) is 0 Å². The number of piperidine rings is 1. The maximum Gasteiger partial charge on any atom is 0.311 e. The van der Waals surface area contributed by atoms with E-state index in [0.29, 0.717) is 46.9 Å². The fraction of sp³-hybridized carbons (Fsp3) is 0.310. The van der Waals surface area contributed by atoms with E-state index in [9.17, 15) is 19.1 Å². The smallest absolute Gasteiger partial charge is 0.311 e. The second kappa shape index (κ2) is 11.3. The number of fused-ring (bicyclic) bond motifs is 1. The van der Waals surface area contributed by atoms with Gasteiger partial charge < -0.3 is 24.8 Å². The first-order valence-corrected chi connectivity index (χ1v) is 13.0. The van der Waals surface area contributed by atoms with Crippen molar-refractivity contribution in [2.75, 3.05) is 32.1 Å². The third-order valence-corrected chi connectivity index (χ3v) is 7.05. The fourth-order valence-corrected chi connectivity index (χ4v) is 4.98. The lowest BCUT2D eigenvalue weighted by atomic mass is 9.93. The number of hydrogen-bond acceptors (Lipinski definition) is 8. The highest BCUT2D eigenvalue weighted by Gasteiger charge is 2.36. The Kier molecular flexibility index (Phi) is 7.65. The summed E-state index contributed by atoms with van der Waals surface area (Å²) in [5.41, 5.74) is 3.82. The number of amides is 1. The maximum absolute atomic E-state index is 14.3. The summed E-state index contributed by atoms with van der Waals surface area (Å²) in [7, 11) is 1.42. The van der Waals surface area contributed by atoms with Gasteiger partial charge in [-0.25, -0.2) is 14.4 Å². The van der Waals surface area contributed by atoms with Crippen molar-refractivity contribution in [2.24, 2.45) is 5.92 Å². The Labute approximate surface area is 230 Å². The van der Waals surface area contributed by atoms with Crippen LogP contribution in [0.4, 0.5) is 15.9 Å². The van der Waals surface area contributed by atoms with E-state index < -0.39 is 23.8 Å². The Morgan fingerprint density at radius 1 is 1.20 bits per heavy atom. The average Bonchev–Trinajstić information content (AvgIpc) is 3.38. The van der Waals surface area contributed by atoms with Crippen LogP contribution in [0, 0.1) is 18.7 Å². The third-order valence-electron chi connectivity index (χ3n) is 7.05. The summed E-state index contributed by atoms with van der Waals surface area (Å²) >= 11 is 0. The number of aliphatic hydroxyl groups is 1. The molecule has 1 fully saturated rings. The number of hydrogen-bond donors (Lipinski definition) is 2. The number of methoxy groups -OCH3 is 1. The minimum absolute atomic E-state index is 0.0635. The number of rotatable bonds is 7. The quantitative estimate of drug-likeness (QED) is 0.334. The van der Waals surface area contributed by atoms with E-state index in [2.05, 4.69) is 15.3 Å². The molecule has 1 aliphatic heterocycles. The first-order chi connectivity index (χ1) is 19.3. The second-order valence-electron chi connectivity index (χ2n) is 9.58. The van der Waals surface area contributed by atoms with Crippen molar-refractivity contribution in [3.05, 3.63) is 71.9 Å². The van der Waals surface area contributed by atoms with Crippen LogP contribution in [-0.2, 0) is 9.53 Å². The molecule has 2 aromatic heterocycles. The molecule has 0 aliphatic carbocycles. The third kappa shape index (κ3) is 5.20. The SMILES string of the molecule is CCOC(=O)[C@@H]1CCN(C(=O)c2ccc(Nc3nccn4c(-c5ccc(OC)c(F)c5)cnc34)cc2C)C[C@H]1O. The first kappa shape index (κ1) is 27.1. The molecule has 1 amide bonds. The monoisotopic (exact) mass is 547 g/mol. The predicted octanol–water partition coefficient (Wildman–Crippen LogP) is 3.98. The molecule has 0 unspecified atom stereocenters. The minimum atomic E-state index is -0.974. The van der Waals surface area contributed by atoms with Gasteiger partial charge in [0.25, 0.3) is 5.91 Å². The normalized spacial score (nSPS) is 17.1. The highest BCUT2D eigenvalue weighted by molar-refractivity contribution is 5.96. The summed E-state index contributed by atoms with van der Waals surface area (Å²) in [4.78, 5) is 35.8. The van der Waals surface area contributed by atoms with Gasteiger partial charge in [-0.05, 0) is 62.2 Å².